The van der Waals surface area contributed by atoms with Gasteiger partial charge in [0.1, 0.15) is 11.2 Å². The van der Waals surface area contributed by atoms with Crippen LogP contribution >= 0.6 is 15.9 Å². The summed E-state index contributed by atoms with van der Waals surface area (Å²) in [5.74, 6) is 2.74. The van der Waals surface area contributed by atoms with Crippen molar-refractivity contribution < 1.29 is 4.42 Å². The summed E-state index contributed by atoms with van der Waals surface area (Å²) in [6.07, 6.45) is 8.85. The van der Waals surface area contributed by atoms with Gasteiger partial charge in [-0.1, -0.05) is 133 Å². The first-order chi connectivity index (χ1) is 24.0. The molecule has 2 aliphatic carbocycles. The average Bonchev–Trinajstić information content (AvgIpc) is 3.54. The molecule has 5 aromatic carbocycles. The monoisotopic (exact) mass is 703 g/mol. The van der Waals surface area contributed by atoms with Crippen molar-refractivity contribution in [1.29, 1.82) is 0 Å². The predicted molar refractivity (Wildman–Crippen MR) is 202 cm³/mol. The van der Waals surface area contributed by atoms with Gasteiger partial charge < -0.3 is 4.42 Å². The van der Waals surface area contributed by atoms with E-state index in [4.69, 9.17) is 19.4 Å². The normalized spacial score (nSPS) is 22.0. The van der Waals surface area contributed by atoms with E-state index in [-0.39, 0.29) is 10.8 Å². The van der Waals surface area contributed by atoms with E-state index < -0.39 is 0 Å². The molecule has 2 fully saturated rings. The number of benzene rings is 5. The van der Waals surface area contributed by atoms with Crippen LogP contribution in [0.15, 0.2) is 130 Å². The largest absolute Gasteiger partial charge is 0.456 e. The fraction of sp³-hybridized carbons (Fsp3) is 0.250. The Morgan fingerprint density at radius 1 is 0.673 bits per heavy atom. The first-order valence-corrected chi connectivity index (χ1v) is 18.4. The molecule has 2 heterocycles. The maximum Gasteiger partial charge on any atom is 0.164 e. The highest BCUT2D eigenvalue weighted by Gasteiger charge is 2.50. The van der Waals surface area contributed by atoms with E-state index in [9.17, 15) is 0 Å². The van der Waals surface area contributed by atoms with Crippen molar-refractivity contribution >= 4 is 37.9 Å². The molecule has 49 heavy (non-hydrogen) atoms. The molecule has 9 rings (SSSR count). The SMILES string of the molecule is CCC1(c2ccc(-c3nc(-c4ccccc4)nc(-c4cccc5oc6ccccc6c45)n3)cc2)CC2CCCC(c3ccc(Br)cc3)(C2)C1. The van der Waals surface area contributed by atoms with Crippen LogP contribution in [0.25, 0.3) is 56.1 Å². The van der Waals surface area contributed by atoms with Crippen molar-refractivity contribution in [1.82, 2.24) is 15.0 Å². The van der Waals surface area contributed by atoms with Crippen LogP contribution in [0.3, 0.4) is 0 Å². The zero-order valence-electron chi connectivity index (χ0n) is 27.7. The quantitative estimate of drug-likeness (QED) is 0.173. The molecule has 3 atom stereocenters. The molecule has 5 heteroatoms. The summed E-state index contributed by atoms with van der Waals surface area (Å²) in [6.45, 7) is 2.40. The molecule has 0 spiro atoms. The fourth-order valence-electron chi connectivity index (χ4n) is 9.23. The van der Waals surface area contributed by atoms with Gasteiger partial charge in [0.05, 0.1) is 0 Å². The Morgan fingerprint density at radius 3 is 2.12 bits per heavy atom. The Kier molecular flexibility index (Phi) is 7.50. The number of fused-ring (bicyclic) bond motifs is 5. The fourth-order valence-corrected chi connectivity index (χ4v) is 9.49. The van der Waals surface area contributed by atoms with Crippen molar-refractivity contribution in [2.75, 3.05) is 0 Å². The van der Waals surface area contributed by atoms with E-state index in [0.717, 1.165) is 55.4 Å². The first-order valence-electron chi connectivity index (χ1n) is 17.6. The second-order valence-electron chi connectivity index (χ2n) is 14.3. The Morgan fingerprint density at radius 2 is 1.35 bits per heavy atom. The predicted octanol–water partition coefficient (Wildman–Crippen LogP) is 12.1. The minimum Gasteiger partial charge on any atom is -0.456 e. The highest BCUT2D eigenvalue weighted by molar-refractivity contribution is 9.10. The number of hydrogen-bond acceptors (Lipinski definition) is 4. The van der Waals surface area contributed by atoms with E-state index in [1.165, 1.54) is 49.7 Å². The van der Waals surface area contributed by atoms with Gasteiger partial charge in [0.2, 0.25) is 0 Å². The standard InChI is InChI=1S/C44H38BrN3O/c1-2-43(26-29-10-9-25-44(27-29,28-43)33-21-23-34(45)24-22-33)32-19-17-31(18-20-32)41-46-40(30-11-4-3-5-12-30)47-42(48-41)36-14-8-16-38-39(36)35-13-6-7-15-37(35)49-38/h3-8,11-24,29H,2,9-10,25-28H2,1H3. The number of furan rings is 1. The van der Waals surface area contributed by atoms with Crippen LogP contribution in [0.4, 0.5) is 0 Å². The van der Waals surface area contributed by atoms with Crippen molar-refractivity contribution in [3.8, 4) is 34.2 Å². The molecule has 3 unspecified atom stereocenters. The molecule has 0 aliphatic heterocycles. The average molecular weight is 705 g/mol. The molecule has 0 N–H and O–H groups in total. The molecular weight excluding hydrogens is 666 g/mol. The molecule has 0 radical (unpaired) electrons. The maximum absolute atomic E-state index is 6.23. The van der Waals surface area contributed by atoms with Gasteiger partial charge in [-0.05, 0) is 84.2 Å². The lowest BCUT2D eigenvalue weighted by Crippen LogP contribution is -2.47. The van der Waals surface area contributed by atoms with Crippen molar-refractivity contribution in [3.05, 3.63) is 137 Å². The molecule has 2 bridgehead atoms. The molecule has 7 aromatic rings. The molecule has 2 aliphatic rings. The van der Waals surface area contributed by atoms with Gasteiger partial charge in [-0.15, -0.1) is 0 Å². The number of nitrogens with zero attached hydrogens (tertiary/aromatic N) is 3. The molecule has 2 aromatic heterocycles. The van der Waals surface area contributed by atoms with Gasteiger partial charge in [0, 0.05) is 31.9 Å². The van der Waals surface area contributed by atoms with Crippen molar-refractivity contribution in [3.63, 3.8) is 0 Å². The van der Waals surface area contributed by atoms with Crippen LogP contribution < -0.4 is 0 Å². The van der Waals surface area contributed by atoms with Crippen molar-refractivity contribution in [2.24, 2.45) is 5.92 Å². The topological polar surface area (TPSA) is 51.8 Å². The molecule has 242 valence electrons. The van der Waals surface area contributed by atoms with E-state index in [2.05, 4.69) is 95.7 Å². The third-order valence-electron chi connectivity index (χ3n) is 11.5. The number of para-hydroxylation sites is 1. The second kappa shape index (κ2) is 12.1. The Balaban J connectivity index is 1.14. The van der Waals surface area contributed by atoms with E-state index in [1.807, 2.05) is 48.5 Å². The van der Waals surface area contributed by atoms with Crippen LogP contribution in [-0.2, 0) is 10.8 Å². The summed E-state index contributed by atoms with van der Waals surface area (Å²) >= 11 is 3.67. The van der Waals surface area contributed by atoms with Gasteiger partial charge in [-0.25, -0.2) is 15.0 Å². The number of aromatic nitrogens is 3. The molecule has 0 amide bonds. The van der Waals surface area contributed by atoms with Crippen molar-refractivity contribution in [2.45, 2.75) is 62.7 Å². The van der Waals surface area contributed by atoms with Gasteiger partial charge in [-0.2, -0.15) is 0 Å². The smallest absolute Gasteiger partial charge is 0.164 e. The van der Waals surface area contributed by atoms with Crippen LogP contribution in [0.1, 0.15) is 63.0 Å². The molecule has 4 nitrogen and oxygen atoms in total. The van der Waals surface area contributed by atoms with E-state index >= 15 is 0 Å². The zero-order chi connectivity index (χ0) is 33.0. The van der Waals surface area contributed by atoms with Crippen LogP contribution in [-0.4, -0.2) is 15.0 Å². The Hall–Kier alpha value is -4.61. The highest BCUT2D eigenvalue weighted by Crippen LogP contribution is 2.58. The summed E-state index contributed by atoms with van der Waals surface area (Å²) < 4.78 is 7.38. The Labute approximate surface area is 295 Å². The van der Waals surface area contributed by atoms with Gasteiger partial charge >= 0.3 is 0 Å². The summed E-state index contributed by atoms with van der Waals surface area (Å²) in [4.78, 5) is 15.3. The number of hydrogen-bond donors (Lipinski definition) is 0. The summed E-state index contributed by atoms with van der Waals surface area (Å²) in [5, 5.41) is 2.08. The van der Waals surface area contributed by atoms with E-state index in [0.29, 0.717) is 17.5 Å². The van der Waals surface area contributed by atoms with E-state index in [1.54, 1.807) is 0 Å². The van der Waals surface area contributed by atoms with Crippen LogP contribution in [0, 0.1) is 5.92 Å². The maximum atomic E-state index is 6.23. The summed E-state index contributed by atoms with van der Waals surface area (Å²) in [6, 6.07) is 42.9. The van der Waals surface area contributed by atoms with Gasteiger partial charge in [0.25, 0.3) is 0 Å². The summed E-state index contributed by atoms with van der Waals surface area (Å²) in [5.41, 5.74) is 7.93. The lowest BCUT2D eigenvalue weighted by molar-refractivity contribution is 0.0757. The van der Waals surface area contributed by atoms with Gasteiger partial charge in [-0.3, -0.25) is 0 Å². The lowest BCUT2D eigenvalue weighted by atomic mass is 9.50. The van der Waals surface area contributed by atoms with Crippen LogP contribution in [0.5, 0.6) is 0 Å². The molecular formula is C44H38BrN3O. The lowest BCUT2D eigenvalue weighted by Gasteiger charge is -2.54. The number of halogens is 1. The second-order valence-corrected chi connectivity index (χ2v) is 15.2. The first kappa shape index (κ1) is 30.4. The Bertz CT molecular complexity index is 2300. The third kappa shape index (κ3) is 5.30. The number of rotatable bonds is 6. The van der Waals surface area contributed by atoms with Gasteiger partial charge in [0.15, 0.2) is 17.5 Å². The molecule has 2 saturated carbocycles. The zero-order valence-corrected chi connectivity index (χ0v) is 29.3. The minimum atomic E-state index is 0.145. The summed E-state index contributed by atoms with van der Waals surface area (Å²) in [7, 11) is 0. The highest BCUT2D eigenvalue weighted by atomic mass is 79.9. The van der Waals surface area contributed by atoms with Crippen LogP contribution in [0.2, 0.25) is 0 Å². The minimum absolute atomic E-state index is 0.145. The third-order valence-corrected chi connectivity index (χ3v) is 12.0. The molecule has 0 saturated heterocycles.